The van der Waals surface area contributed by atoms with Crippen molar-refractivity contribution in [2.75, 3.05) is 12.8 Å². The van der Waals surface area contributed by atoms with Crippen LogP contribution in [0.25, 0.3) is 0 Å². The van der Waals surface area contributed by atoms with Gasteiger partial charge in [0.15, 0.2) is 0 Å². The van der Waals surface area contributed by atoms with Crippen LogP contribution < -0.4 is 21.7 Å². The number of nitrogens with two attached hydrogens (primary N) is 2. The first-order valence-electron chi connectivity index (χ1n) is 5.80. The van der Waals surface area contributed by atoms with Crippen LogP contribution in [0.4, 0.5) is 5.69 Å². The molecular formula is C14H16BrN3O. The average Bonchev–Trinajstić information content (AvgIpc) is 2.44. The summed E-state index contributed by atoms with van der Waals surface area (Å²) in [5.74, 6) is 6.48. The first kappa shape index (κ1) is 13.9. The molecule has 2 aromatic carbocycles. The predicted octanol–water partition coefficient (Wildman–Crippen LogP) is 2.59. The van der Waals surface area contributed by atoms with Gasteiger partial charge in [-0.1, -0.05) is 28.1 Å². The lowest BCUT2D eigenvalue weighted by Crippen LogP contribution is -2.29. The van der Waals surface area contributed by atoms with Crippen molar-refractivity contribution >= 4 is 21.6 Å². The molecule has 0 radical (unpaired) electrons. The topological polar surface area (TPSA) is 73.3 Å². The van der Waals surface area contributed by atoms with Crippen molar-refractivity contribution in [3.05, 3.63) is 58.1 Å². The Hall–Kier alpha value is -1.56. The number of nitrogens with one attached hydrogen (secondary N) is 1. The molecule has 0 saturated heterocycles. The minimum Gasteiger partial charge on any atom is -0.497 e. The van der Waals surface area contributed by atoms with E-state index in [1.807, 2.05) is 42.5 Å². The number of rotatable bonds is 4. The molecule has 5 N–H and O–H groups in total. The monoisotopic (exact) mass is 321 g/mol. The van der Waals surface area contributed by atoms with Crippen LogP contribution in [0.3, 0.4) is 0 Å². The van der Waals surface area contributed by atoms with Gasteiger partial charge in [-0.2, -0.15) is 0 Å². The van der Waals surface area contributed by atoms with Gasteiger partial charge in [-0.25, -0.2) is 5.43 Å². The fourth-order valence-electron chi connectivity index (χ4n) is 1.96. The summed E-state index contributed by atoms with van der Waals surface area (Å²) in [4.78, 5) is 0. The maximum Gasteiger partial charge on any atom is 0.118 e. The molecular weight excluding hydrogens is 306 g/mol. The molecule has 19 heavy (non-hydrogen) atoms. The van der Waals surface area contributed by atoms with Crippen LogP contribution in [0.5, 0.6) is 5.75 Å². The second-order valence-electron chi connectivity index (χ2n) is 4.15. The molecule has 100 valence electrons. The Bertz CT molecular complexity index is 557. The normalized spacial score (nSPS) is 12.2. The number of hydrazine groups is 1. The summed E-state index contributed by atoms with van der Waals surface area (Å²) in [5, 5.41) is 0. The molecule has 0 amide bonds. The number of methoxy groups -OCH3 is 1. The first-order chi connectivity index (χ1) is 9.15. The Morgan fingerprint density at radius 2 is 1.84 bits per heavy atom. The second-order valence-corrected chi connectivity index (χ2v) is 5.06. The highest BCUT2D eigenvalue weighted by molar-refractivity contribution is 9.10. The fraction of sp³-hybridized carbons (Fsp3) is 0.143. The van der Waals surface area contributed by atoms with Crippen molar-refractivity contribution < 1.29 is 4.74 Å². The van der Waals surface area contributed by atoms with Gasteiger partial charge in [-0.3, -0.25) is 5.84 Å². The second kappa shape index (κ2) is 6.06. The van der Waals surface area contributed by atoms with Gasteiger partial charge in [0.2, 0.25) is 0 Å². The van der Waals surface area contributed by atoms with Crippen molar-refractivity contribution in [3.8, 4) is 5.75 Å². The molecule has 1 unspecified atom stereocenters. The Morgan fingerprint density at radius 1 is 1.16 bits per heavy atom. The van der Waals surface area contributed by atoms with Crippen LogP contribution in [0.2, 0.25) is 0 Å². The number of halogens is 1. The van der Waals surface area contributed by atoms with E-state index in [1.54, 1.807) is 7.11 Å². The molecule has 0 aliphatic carbocycles. The molecule has 0 bridgehead atoms. The molecule has 0 aromatic heterocycles. The third-order valence-corrected chi connectivity index (χ3v) is 3.47. The predicted molar refractivity (Wildman–Crippen MR) is 80.7 cm³/mol. The summed E-state index contributed by atoms with van der Waals surface area (Å²) in [6, 6.07) is 13.3. The van der Waals surface area contributed by atoms with Crippen LogP contribution >= 0.6 is 15.9 Å². The van der Waals surface area contributed by atoms with Crippen LogP contribution in [-0.4, -0.2) is 7.11 Å². The zero-order valence-electron chi connectivity index (χ0n) is 10.6. The molecule has 0 saturated carbocycles. The van der Waals surface area contributed by atoms with Crippen LogP contribution in [-0.2, 0) is 0 Å². The largest absolute Gasteiger partial charge is 0.497 e. The van der Waals surface area contributed by atoms with E-state index < -0.39 is 0 Å². The highest BCUT2D eigenvalue weighted by Crippen LogP contribution is 2.29. The van der Waals surface area contributed by atoms with Crippen molar-refractivity contribution in [3.63, 3.8) is 0 Å². The van der Waals surface area contributed by atoms with E-state index in [9.17, 15) is 0 Å². The van der Waals surface area contributed by atoms with E-state index in [2.05, 4.69) is 21.4 Å². The van der Waals surface area contributed by atoms with Crippen LogP contribution in [0.15, 0.2) is 46.9 Å². The lowest BCUT2D eigenvalue weighted by Gasteiger charge is -2.19. The average molecular weight is 322 g/mol. The van der Waals surface area contributed by atoms with E-state index in [0.717, 1.165) is 21.3 Å². The van der Waals surface area contributed by atoms with Crippen molar-refractivity contribution in [1.82, 2.24) is 5.43 Å². The maximum atomic E-state index is 6.02. The minimum absolute atomic E-state index is 0.164. The summed E-state index contributed by atoms with van der Waals surface area (Å²) in [6.45, 7) is 0. The molecule has 1 atom stereocenters. The summed E-state index contributed by atoms with van der Waals surface area (Å²) in [6.07, 6.45) is 0. The zero-order valence-corrected chi connectivity index (χ0v) is 12.1. The van der Waals surface area contributed by atoms with E-state index >= 15 is 0 Å². The van der Waals surface area contributed by atoms with Gasteiger partial charge in [0.25, 0.3) is 0 Å². The van der Waals surface area contributed by atoms with Gasteiger partial charge in [0.1, 0.15) is 5.75 Å². The van der Waals surface area contributed by atoms with Gasteiger partial charge >= 0.3 is 0 Å². The standard InChI is InChI=1S/C14H16BrN3O/c1-19-11-5-2-9(3-6-11)14(18-17)12-8-10(15)4-7-13(12)16/h2-8,14,18H,16-17H2,1H3. The highest BCUT2D eigenvalue weighted by atomic mass is 79.9. The van der Waals surface area contributed by atoms with Gasteiger partial charge < -0.3 is 10.5 Å². The molecule has 2 aromatic rings. The highest BCUT2D eigenvalue weighted by Gasteiger charge is 2.15. The summed E-state index contributed by atoms with van der Waals surface area (Å²) in [7, 11) is 1.64. The molecule has 4 nitrogen and oxygen atoms in total. The van der Waals surface area contributed by atoms with E-state index in [4.69, 9.17) is 16.3 Å². The third kappa shape index (κ3) is 3.07. The lowest BCUT2D eigenvalue weighted by atomic mass is 9.98. The van der Waals surface area contributed by atoms with Crippen LogP contribution in [0, 0.1) is 0 Å². The van der Waals surface area contributed by atoms with E-state index in [-0.39, 0.29) is 6.04 Å². The Kier molecular flexibility index (Phi) is 4.42. The molecule has 0 heterocycles. The van der Waals surface area contributed by atoms with Crippen LogP contribution in [0.1, 0.15) is 17.2 Å². The van der Waals surface area contributed by atoms with Gasteiger partial charge in [-0.05, 0) is 41.5 Å². The van der Waals surface area contributed by atoms with Gasteiger partial charge in [-0.15, -0.1) is 0 Å². The zero-order chi connectivity index (χ0) is 13.8. The number of hydrogen-bond donors (Lipinski definition) is 3. The van der Waals surface area contributed by atoms with Gasteiger partial charge in [0, 0.05) is 10.2 Å². The summed E-state index contributed by atoms with van der Waals surface area (Å²) >= 11 is 3.45. The maximum absolute atomic E-state index is 6.02. The molecule has 0 spiro atoms. The number of ether oxygens (including phenoxy) is 1. The van der Waals surface area contributed by atoms with Crippen molar-refractivity contribution in [2.24, 2.45) is 5.84 Å². The minimum atomic E-state index is -0.164. The number of hydrogen-bond acceptors (Lipinski definition) is 4. The summed E-state index contributed by atoms with van der Waals surface area (Å²) in [5.41, 5.74) is 11.5. The van der Waals surface area contributed by atoms with Crippen molar-refractivity contribution in [2.45, 2.75) is 6.04 Å². The van der Waals surface area contributed by atoms with E-state index in [0.29, 0.717) is 5.69 Å². The molecule has 5 heteroatoms. The smallest absolute Gasteiger partial charge is 0.118 e. The molecule has 0 fully saturated rings. The first-order valence-corrected chi connectivity index (χ1v) is 6.60. The lowest BCUT2D eigenvalue weighted by molar-refractivity contribution is 0.414. The third-order valence-electron chi connectivity index (χ3n) is 2.98. The van der Waals surface area contributed by atoms with Crippen molar-refractivity contribution in [1.29, 1.82) is 0 Å². The number of benzene rings is 2. The quantitative estimate of drug-likeness (QED) is 0.460. The number of anilines is 1. The van der Waals surface area contributed by atoms with E-state index in [1.165, 1.54) is 0 Å². The molecule has 0 aliphatic rings. The number of nitrogen functional groups attached to an aromatic ring is 1. The Balaban J connectivity index is 2.40. The Morgan fingerprint density at radius 3 is 2.42 bits per heavy atom. The Labute approximate surface area is 120 Å². The SMILES string of the molecule is COc1ccc(C(NN)c2cc(Br)ccc2N)cc1. The van der Waals surface area contributed by atoms with Gasteiger partial charge in [0.05, 0.1) is 13.2 Å². The summed E-state index contributed by atoms with van der Waals surface area (Å²) < 4.78 is 6.11. The fourth-order valence-corrected chi connectivity index (χ4v) is 2.34. The molecule has 0 aliphatic heterocycles. The molecule has 2 rings (SSSR count).